The summed E-state index contributed by atoms with van der Waals surface area (Å²) in [6.07, 6.45) is 2.42. The van der Waals surface area contributed by atoms with Gasteiger partial charge in [0.1, 0.15) is 17.5 Å². The summed E-state index contributed by atoms with van der Waals surface area (Å²) in [5.74, 6) is 3.08. The van der Waals surface area contributed by atoms with Crippen molar-refractivity contribution < 1.29 is 0 Å². The number of aromatic nitrogens is 2. The monoisotopic (exact) mass is 219 g/mol. The van der Waals surface area contributed by atoms with Gasteiger partial charge in [0.2, 0.25) is 0 Å². The van der Waals surface area contributed by atoms with E-state index in [1.165, 1.54) is 12.8 Å². The van der Waals surface area contributed by atoms with Gasteiger partial charge in [-0.3, -0.25) is 0 Å². The summed E-state index contributed by atoms with van der Waals surface area (Å²) in [5, 5.41) is 3.25. The smallest absolute Gasteiger partial charge is 0.136 e. The molecule has 86 valence electrons. The second kappa shape index (κ2) is 3.59. The van der Waals surface area contributed by atoms with Gasteiger partial charge in [-0.05, 0) is 19.9 Å². The van der Waals surface area contributed by atoms with Crippen molar-refractivity contribution in [1.82, 2.24) is 15.3 Å². The van der Waals surface area contributed by atoms with Crippen molar-refractivity contribution in [2.75, 3.05) is 30.8 Å². The summed E-state index contributed by atoms with van der Waals surface area (Å²) < 4.78 is 0. The van der Waals surface area contributed by atoms with Crippen molar-refractivity contribution >= 4 is 11.6 Å². The summed E-state index contributed by atoms with van der Waals surface area (Å²) in [6.45, 7) is 2.02. The Bertz CT molecular complexity index is 395. The van der Waals surface area contributed by atoms with Crippen LogP contribution in [0.5, 0.6) is 0 Å². The Kier molecular flexibility index (Phi) is 2.21. The number of nitrogen functional groups attached to an aromatic ring is 1. The number of nitrogens with one attached hydrogen (secondary N) is 1. The fraction of sp³-hybridized carbons (Fsp3) is 0.636. The molecule has 5 nitrogen and oxygen atoms in total. The molecular weight excluding hydrogens is 202 g/mol. The Morgan fingerprint density at radius 1 is 1.38 bits per heavy atom. The number of hydrogen-bond donors (Lipinski definition) is 2. The zero-order chi connectivity index (χ0) is 11.1. The molecule has 3 N–H and O–H groups in total. The topological polar surface area (TPSA) is 67.1 Å². The minimum absolute atomic E-state index is 0.559. The van der Waals surface area contributed by atoms with Crippen LogP contribution in [0.1, 0.15) is 24.6 Å². The van der Waals surface area contributed by atoms with Crippen molar-refractivity contribution in [3.05, 3.63) is 11.9 Å². The van der Waals surface area contributed by atoms with Crippen molar-refractivity contribution in [2.45, 2.75) is 24.8 Å². The van der Waals surface area contributed by atoms with Crippen LogP contribution in [0.25, 0.3) is 0 Å². The van der Waals surface area contributed by atoms with Gasteiger partial charge in [0, 0.05) is 31.1 Å². The highest BCUT2D eigenvalue weighted by atomic mass is 15.3. The number of likely N-dealkylation sites (N-methyl/N-ethyl adjacent to an activating group) is 1. The minimum atomic E-state index is 0.559. The number of nitrogens with zero attached hydrogens (tertiary/aromatic N) is 3. The lowest BCUT2D eigenvalue weighted by atomic mass is 10.1. The first-order chi connectivity index (χ1) is 7.76. The Morgan fingerprint density at radius 3 is 2.75 bits per heavy atom. The standard InChI is InChI=1S/C11H17N5/c1-13-8-5-16(6-8)10-4-9(12)14-11(15-10)7-2-3-7/h4,7-8,13H,2-3,5-6H2,1H3,(H2,12,14,15). The van der Waals surface area contributed by atoms with Crippen LogP contribution in [0, 0.1) is 0 Å². The number of nitrogens with two attached hydrogens (primary N) is 1. The van der Waals surface area contributed by atoms with Crippen LogP contribution >= 0.6 is 0 Å². The lowest BCUT2D eigenvalue weighted by molar-refractivity contribution is 0.446. The quantitative estimate of drug-likeness (QED) is 0.767. The molecular formula is C11H17N5. The third-order valence-corrected chi connectivity index (χ3v) is 3.31. The molecule has 16 heavy (non-hydrogen) atoms. The zero-order valence-electron chi connectivity index (χ0n) is 9.48. The second-order valence-corrected chi connectivity index (χ2v) is 4.67. The highest BCUT2D eigenvalue weighted by molar-refractivity contribution is 5.50. The van der Waals surface area contributed by atoms with E-state index in [1.54, 1.807) is 0 Å². The van der Waals surface area contributed by atoms with Crippen LogP contribution in [-0.4, -0.2) is 36.1 Å². The van der Waals surface area contributed by atoms with Gasteiger partial charge in [0.05, 0.1) is 0 Å². The number of rotatable bonds is 3. The fourth-order valence-corrected chi connectivity index (χ4v) is 2.01. The first-order valence-corrected chi connectivity index (χ1v) is 5.83. The molecule has 0 unspecified atom stereocenters. The molecule has 1 aromatic rings. The number of hydrogen-bond acceptors (Lipinski definition) is 5. The van der Waals surface area contributed by atoms with Gasteiger partial charge in [-0.2, -0.15) is 0 Å². The van der Waals surface area contributed by atoms with E-state index < -0.39 is 0 Å². The zero-order valence-corrected chi connectivity index (χ0v) is 9.48. The predicted octanol–water partition coefficient (Wildman–Crippen LogP) is 0.344. The normalized spacial score (nSPS) is 20.9. The van der Waals surface area contributed by atoms with E-state index >= 15 is 0 Å². The van der Waals surface area contributed by atoms with Gasteiger partial charge < -0.3 is 16.0 Å². The van der Waals surface area contributed by atoms with E-state index in [0.717, 1.165) is 24.7 Å². The van der Waals surface area contributed by atoms with Crippen LogP contribution < -0.4 is 16.0 Å². The molecule has 5 heteroatoms. The highest BCUT2D eigenvalue weighted by Crippen LogP contribution is 2.39. The molecule has 0 aromatic carbocycles. The molecule has 1 aliphatic carbocycles. The van der Waals surface area contributed by atoms with E-state index in [-0.39, 0.29) is 0 Å². The number of anilines is 2. The molecule has 3 rings (SSSR count). The average Bonchev–Trinajstić information content (AvgIpc) is 2.98. The predicted molar refractivity (Wildman–Crippen MR) is 63.5 cm³/mol. The molecule has 0 radical (unpaired) electrons. The van der Waals surface area contributed by atoms with E-state index in [1.807, 2.05) is 13.1 Å². The van der Waals surface area contributed by atoms with E-state index in [4.69, 9.17) is 5.73 Å². The van der Waals surface area contributed by atoms with Gasteiger partial charge in [-0.1, -0.05) is 0 Å². The molecule has 0 amide bonds. The summed E-state index contributed by atoms with van der Waals surface area (Å²) in [6, 6.07) is 2.46. The van der Waals surface area contributed by atoms with Crippen molar-refractivity contribution in [3.8, 4) is 0 Å². The van der Waals surface area contributed by atoms with E-state index in [2.05, 4.69) is 20.2 Å². The maximum atomic E-state index is 5.82. The molecule has 2 aliphatic rings. The molecule has 1 saturated heterocycles. The summed E-state index contributed by atoms with van der Waals surface area (Å²) in [4.78, 5) is 11.1. The maximum absolute atomic E-state index is 5.82. The first kappa shape index (κ1) is 9.84. The first-order valence-electron chi connectivity index (χ1n) is 5.83. The van der Waals surface area contributed by atoms with E-state index in [9.17, 15) is 0 Å². The Labute approximate surface area is 95.1 Å². The van der Waals surface area contributed by atoms with Gasteiger partial charge in [0.25, 0.3) is 0 Å². The highest BCUT2D eigenvalue weighted by Gasteiger charge is 2.30. The molecule has 2 fully saturated rings. The van der Waals surface area contributed by atoms with Gasteiger partial charge in [-0.15, -0.1) is 0 Å². The average molecular weight is 219 g/mol. The van der Waals surface area contributed by atoms with E-state index in [0.29, 0.717) is 17.8 Å². The third kappa shape index (κ3) is 1.71. The van der Waals surface area contributed by atoms with Crippen LogP contribution in [0.15, 0.2) is 6.07 Å². The fourth-order valence-electron chi connectivity index (χ4n) is 2.01. The largest absolute Gasteiger partial charge is 0.384 e. The van der Waals surface area contributed by atoms with Crippen LogP contribution in [-0.2, 0) is 0 Å². The van der Waals surface area contributed by atoms with Gasteiger partial charge >= 0.3 is 0 Å². The lowest BCUT2D eigenvalue weighted by Crippen LogP contribution is -2.57. The van der Waals surface area contributed by atoms with Gasteiger partial charge in [0.15, 0.2) is 0 Å². The Hall–Kier alpha value is -1.36. The molecule has 1 aliphatic heterocycles. The van der Waals surface area contributed by atoms with Gasteiger partial charge in [-0.25, -0.2) is 9.97 Å². The van der Waals surface area contributed by atoms with Crippen LogP contribution in [0.3, 0.4) is 0 Å². The molecule has 0 atom stereocenters. The Balaban J connectivity index is 1.79. The second-order valence-electron chi connectivity index (χ2n) is 4.67. The SMILES string of the molecule is CNC1CN(c2cc(N)nc(C3CC3)n2)C1. The summed E-state index contributed by atoms with van der Waals surface area (Å²) in [7, 11) is 1.99. The third-order valence-electron chi connectivity index (χ3n) is 3.31. The molecule has 2 heterocycles. The molecule has 0 bridgehead atoms. The van der Waals surface area contributed by atoms with Crippen molar-refractivity contribution in [2.24, 2.45) is 0 Å². The maximum Gasteiger partial charge on any atom is 0.136 e. The molecule has 1 saturated carbocycles. The lowest BCUT2D eigenvalue weighted by Gasteiger charge is -2.40. The van der Waals surface area contributed by atoms with Crippen molar-refractivity contribution in [1.29, 1.82) is 0 Å². The van der Waals surface area contributed by atoms with Crippen LogP contribution in [0.4, 0.5) is 11.6 Å². The molecule has 0 spiro atoms. The minimum Gasteiger partial charge on any atom is -0.384 e. The molecule has 1 aromatic heterocycles. The summed E-state index contributed by atoms with van der Waals surface area (Å²) >= 11 is 0. The summed E-state index contributed by atoms with van der Waals surface area (Å²) in [5.41, 5.74) is 5.82. The Morgan fingerprint density at radius 2 is 2.12 bits per heavy atom. The van der Waals surface area contributed by atoms with Crippen LogP contribution in [0.2, 0.25) is 0 Å². The van der Waals surface area contributed by atoms with Crippen molar-refractivity contribution in [3.63, 3.8) is 0 Å².